The van der Waals surface area contributed by atoms with Crippen LogP contribution in [0.25, 0.3) is 11.4 Å². The number of carbonyl (C=O) groups is 1. The van der Waals surface area contributed by atoms with Gasteiger partial charge in [-0.3, -0.25) is 0 Å². The van der Waals surface area contributed by atoms with Gasteiger partial charge in [-0.2, -0.15) is 4.98 Å². The van der Waals surface area contributed by atoms with Crippen molar-refractivity contribution in [3.8, 4) is 11.4 Å². The predicted octanol–water partition coefficient (Wildman–Crippen LogP) is 2.25. The lowest BCUT2D eigenvalue weighted by molar-refractivity contribution is 0.0435. The largest absolute Gasteiger partial charge is 0.391 e. The van der Waals surface area contributed by atoms with Gasteiger partial charge in [-0.05, 0) is 12.3 Å². The van der Waals surface area contributed by atoms with E-state index in [1.807, 2.05) is 44.2 Å². The Labute approximate surface area is 147 Å². The molecule has 1 saturated heterocycles. The van der Waals surface area contributed by atoms with Gasteiger partial charge in [0.1, 0.15) is 0 Å². The molecular formula is C18H24N4O3. The Morgan fingerprint density at radius 1 is 1.44 bits per heavy atom. The van der Waals surface area contributed by atoms with E-state index >= 15 is 0 Å². The highest BCUT2D eigenvalue weighted by atomic mass is 16.5. The maximum Gasteiger partial charge on any atom is 0.317 e. The number of piperidine rings is 1. The van der Waals surface area contributed by atoms with Crippen LogP contribution in [-0.4, -0.2) is 51.9 Å². The summed E-state index contributed by atoms with van der Waals surface area (Å²) in [6, 6.07) is 9.45. The molecule has 1 fully saturated rings. The topological polar surface area (TPSA) is 91.5 Å². The van der Waals surface area contributed by atoms with Crippen molar-refractivity contribution >= 4 is 6.03 Å². The zero-order chi connectivity index (χ0) is 17.8. The van der Waals surface area contributed by atoms with E-state index in [1.54, 1.807) is 4.90 Å². The minimum atomic E-state index is -0.457. The third-order valence-corrected chi connectivity index (χ3v) is 4.66. The number of nitrogens with one attached hydrogen (secondary N) is 1. The van der Waals surface area contributed by atoms with Gasteiger partial charge in [0.05, 0.1) is 12.0 Å². The van der Waals surface area contributed by atoms with E-state index in [0.717, 1.165) is 12.0 Å². The standard InChI is InChI=1S/C18H24N4O3/c1-12-8-9-22(11-15(12)23)18(24)19-10-13(2)17-20-16(21-25-17)14-6-4-3-5-7-14/h3-7,12-13,15,23H,8-11H2,1-2H3,(H,19,24). The Morgan fingerprint density at radius 2 is 2.20 bits per heavy atom. The number of amides is 2. The first-order chi connectivity index (χ1) is 12.0. The first-order valence-corrected chi connectivity index (χ1v) is 8.64. The van der Waals surface area contributed by atoms with Gasteiger partial charge in [0.2, 0.25) is 11.7 Å². The van der Waals surface area contributed by atoms with Crippen LogP contribution in [0.3, 0.4) is 0 Å². The molecule has 0 aliphatic carbocycles. The zero-order valence-corrected chi connectivity index (χ0v) is 14.6. The Hall–Kier alpha value is -2.41. The molecule has 1 aromatic carbocycles. The van der Waals surface area contributed by atoms with Crippen LogP contribution in [0.4, 0.5) is 4.79 Å². The summed E-state index contributed by atoms with van der Waals surface area (Å²) < 4.78 is 5.32. The molecule has 1 aromatic heterocycles. The van der Waals surface area contributed by atoms with Gasteiger partial charge in [-0.1, -0.05) is 49.3 Å². The normalized spacial score (nSPS) is 21.8. The van der Waals surface area contributed by atoms with Crippen molar-refractivity contribution in [1.82, 2.24) is 20.4 Å². The molecule has 2 amide bonds. The van der Waals surface area contributed by atoms with Gasteiger partial charge in [0, 0.05) is 25.2 Å². The third-order valence-electron chi connectivity index (χ3n) is 4.66. The van der Waals surface area contributed by atoms with Gasteiger partial charge >= 0.3 is 6.03 Å². The molecule has 134 valence electrons. The fourth-order valence-electron chi connectivity index (χ4n) is 2.81. The van der Waals surface area contributed by atoms with E-state index in [1.165, 1.54) is 0 Å². The van der Waals surface area contributed by atoms with Crippen LogP contribution in [0.15, 0.2) is 34.9 Å². The number of hydrogen-bond acceptors (Lipinski definition) is 5. The molecule has 0 bridgehead atoms. The molecule has 1 aliphatic rings. The summed E-state index contributed by atoms with van der Waals surface area (Å²) in [7, 11) is 0. The number of carbonyl (C=O) groups excluding carboxylic acids is 1. The van der Waals surface area contributed by atoms with Gasteiger partial charge in [-0.15, -0.1) is 0 Å². The average Bonchev–Trinajstić information content (AvgIpc) is 3.12. The minimum absolute atomic E-state index is 0.0949. The molecule has 3 rings (SSSR count). The molecule has 2 aromatic rings. The molecule has 1 aliphatic heterocycles. The highest BCUT2D eigenvalue weighted by Crippen LogP contribution is 2.20. The monoisotopic (exact) mass is 344 g/mol. The molecule has 0 saturated carbocycles. The van der Waals surface area contributed by atoms with Gasteiger partial charge < -0.3 is 19.8 Å². The molecule has 7 nitrogen and oxygen atoms in total. The first kappa shape index (κ1) is 17.4. The molecule has 3 unspecified atom stereocenters. The van der Waals surface area contributed by atoms with Crippen LogP contribution in [0.5, 0.6) is 0 Å². The third kappa shape index (κ3) is 4.17. The van der Waals surface area contributed by atoms with Gasteiger partial charge in [0.15, 0.2) is 0 Å². The fraction of sp³-hybridized carbons (Fsp3) is 0.500. The lowest BCUT2D eigenvalue weighted by atomic mass is 9.96. The van der Waals surface area contributed by atoms with E-state index in [4.69, 9.17) is 4.52 Å². The second-order valence-corrected chi connectivity index (χ2v) is 6.69. The lowest BCUT2D eigenvalue weighted by Gasteiger charge is -2.34. The zero-order valence-electron chi connectivity index (χ0n) is 14.6. The number of benzene rings is 1. The molecule has 0 radical (unpaired) electrons. The number of urea groups is 1. The number of likely N-dealkylation sites (tertiary alicyclic amines) is 1. The van der Waals surface area contributed by atoms with Crippen LogP contribution in [0.1, 0.15) is 32.1 Å². The van der Waals surface area contributed by atoms with Crippen LogP contribution in [0, 0.1) is 5.92 Å². The molecular weight excluding hydrogens is 320 g/mol. The summed E-state index contributed by atoms with van der Waals surface area (Å²) in [6.45, 7) is 5.37. The fourth-order valence-corrected chi connectivity index (χ4v) is 2.81. The van der Waals surface area contributed by atoms with E-state index in [9.17, 15) is 9.90 Å². The number of rotatable bonds is 4. The number of nitrogens with zero attached hydrogens (tertiary/aromatic N) is 3. The van der Waals surface area contributed by atoms with Gasteiger partial charge in [0.25, 0.3) is 0 Å². The average molecular weight is 344 g/mol. The van der Waals surface area contributed by atoms with Crippen molar-refractivity contribution in [2.24, 2.45) is 5.92 Å². The van der Waals surface area contributed by atoms with Crippen LogP contribution >= 0.6 is 0 Å². The molecule has 2 N–H and O–H groups in total. The maximum absolute atomic E-state index is 12.2. The Bertz CT molecular complexity index is 703. The second-order valence-electron chi connectivity index (χ2n) is 6.69. The van der Waals surface area contributed by atoms with Crippen molar-refractivity contribution in [2.75, 3.05) is 19.6 Å². The molecule has 3 atom stereocenters. The number of aliphatic hydroxyl groups excluding tert-OH is 1. The number of aromatic nitrogens is 2. The predicted molar refractivity (Wildman–Crippen MR) is 92.9 cm³/mol. The molecule has 25 heavy (non-hydrogen) atoms. The Kier molecular flexibility index (Phi) is 5.33. The lowest BCUT2D eigenvalue weighted by Crippen LogP contribution is -2.50. The van der Waals surface area contributed by atoms with Crippen LogP contribution < -0.4 is 5.32 Å². The van der Waals surface area contributed by atoms with Crippen LogP contribution in [-0.2, 0) is 0 Å². The van der Waals surface area contributed by atoms with E-state index in [0.29, 0.717) is 31.3 Å². The maximum atomic E-state index is 12.2. The summed E-state index contributed by atoms with van der Waals surface area (Å²) in [5.41, 5.74) is 0.894. The van der Waals surface area contributed by atoms with Gasteiger partial charge in [-0.25, -0.2) is 4.79 Å². The van der Waals surface area contributed by atoms with Crippen molar-refractivity contribution in [3.63, 3.8) is 0 Å². The van der Waals surface area contributed by atoms with Crippen molar-refractivity contribution in [1.29, 1.82) is 0 Å². The first-order valence-electron chi connectivity index (χ1n) is 8.64. The summed E-state index contributed by atoms with van der Waals surface area (Å²) in [6.07, 6.45) is 0.357. The summed E-state index contributed by atoms with van der Waals surface area (Å²) in [5.74, 6) is 1.17. The Morgan fingerprint density at radius 3 is 2.92 bits per heavy atom. The smallest absolute Gasteiger partial charge is 0.317 e. The number of hydrogen-bond donors (Lipinski definition) is 2. The highest BCUT2D eigenvalue weighted by molar-refractivity contribution is 5.74. The van der Waals surface area contributed by atoms with Crippen molar-refractivity contribution < 1.29 is 14.4 Å². The van der Waals surface area contributed by atoms with Crippen molar-refractivity contribution in [2.45, 2.75) is 32.3 Å². The molecule has 2 heterocycles. The highest BCUT2D eigenvalue weighted by Gasteiger charge is 2.27. The molecule has 0 spiro atoms. The minimum Gasteiger partial charge on any atom is -0.391 e. The van der Waals surface area contributed by atoms with Crippen molar-refractivity contribution in [3.05, 3.63) is 36.2 Å². The second kappa shape index (κ2) is 7.65. The van der Waals surface area contributed by atoms with E-state index in [2.05, 4.69) is 15.5 Å². The number of aliphatic hydroxyl groups is 1. The SMILES string of the molecule is CC(CNC(=O)N1CCC(C)C(O)C1)c1nc(-c2ccccc2)no1. The summed E-state index contributed by atoms with van der Waals surface area (Å²) in [5, 5.41) is 16.8. The summed E-state index contributed by atoms with van der Waals surface area (Å²) in [4.78, 5) is 18.3. The van der Waals surface area contributed by atoms with E-state index < -0.39 is 6.10 Å². The molecule has 7 heteroatoms. The van der Waals surface area contributed by atoms with Crippen LogP contribution in [0.2, 0.25) is 0 Å². The summed E-state index contributed by atoms with van der Waals surface area (Å²) >= 11 is 0. The number of β-amino-alcohol motifs (C(OH)–C–C–N with tert-alkyl or cyclic N) is 1. The quantitative estimate of drug-likeness (QED) is 0.888. The van der Waals surface area contributed by atoms with E-state index in [-0.39, 0.29) is 17.9 Å². The Balaban J connectivity index is 1.53.